The molecule has 1 N–H and O–H groups in total. The normalized spacial score (nSPS) is 11.0. The van der Waals surface area contributed by atoms with Crippen molar-refractivity contribution in [2.45, 2.75) is 27.7 Å². The highest BCUT2D eigenvalue weighted by Gasteiger charge is 2.33. The summed E-state index contributed by atoms with van der Waals surface area (Å²) in [5.41, 5.74) is -6.51. The molecule has 0 saturated heterocycles. The molecule has 9 rings (SSSR count). The third kappa shape index (κ3) is 12.2. The van der Waals surface area contributed by atoms with Gasteiger partial charge in [-0.05, 0) is 36.4 Å². The number of alkyl halides is 2. The van der Waals surface area contributed by atoms with Gasteiger partial charge in [0.1, 0.15) is 51.5 Å². The molecule has 19 nitrogen and oxygen atoms in total. The number of aromatic hydroxyl groups is 1. The smallest absolute Gasteiger partial charge is 0.314 e. The first-order valence-corrected chi connectivity index (χ1v) is 25.1. The van der Waals surface area contributed by atoms with E-state index < -0.39 is 135 Å². The largest absolute Gasteiger partial charge is 0.618 e. The zero-order valence-electron chi connectivity index (χ0n) is 42.6. The van der Waals surface area contributed by atoms with Gasteiger partial charge in [0.2, 0.25) is 22.8 Å². The van der Waals surface area contributed by atoms with Crippen LogP contribution < -0.4 is 35.6 Å². The van der Waals surface area contributed by atoms with Gasteiger partial charge in [0, 0.05) is 50.2 Å². The highest BCUT2D eigenvalue weighted by molar-refractivity contribution is 6.40. The van der Waals surface area contributed by atoms with Crippen molar-refractivity contribution < 1.29 is 60.0 Å². The maximum Gasteiger partial charge on any atom is 0.314 e. The lowest BCUT2D eigenvalue weighted by molar-refractivity contribution is -0.578. The SMILES string of the molecule is CC(C)C(=O)Oc1c(-c2c(F)ccc(F)c2Cl)c(=O)n(C)c2ncc[n+]([O-])c12.CC(C)C(=O)Oc1c(-c2c(F)ccc(F)c2Cl)c(=O)n(C)c2nccnc12.ClCCl.Cn1c(=O)c(-c2c(F)ccc(F)c2Cl)c(O)c2c1ncc[n+]2[O-]. The van der Waals surface area contributed by atoms with Gasteiger partial charge < -0.3 is 25.0 Å². The predicted molar refractivity (Wildman–Crippen MR) is 287 cm³/mol. The number of carbonyl (C=O) groups is 2. The number of pyridine rings is 3. The van der Waals surface area contributed by atoms with E-state index in [1.54, 1.807) is 13.8 Å². The van der Waals surface area contributed by atoms with Crippen LogP contribution in [0.2, 0.25) is 15.1 Å². The van der Waals surface area contributed by atoms with Gasteiger partial charge in [-0.15, -0.1) is 23.2 Å². The van der Waals surface area contributed by atoms with E-state index in [0.29, 0.717) is 4.73 Å². The van der Waals surface area contributed by atoms with Gasteiger partial charge in [0.25, 0.3) is 16.7 Å². The Kier molecular flexibility index (Phi) is 19.6. The molecule has 30 heteroatoms. The Morgan fingerprint density at radius 2 is 0.852 bits per heavy atom. The number of nitrogens with zero attached hydrogens (tertiary/aromatic N) is 9. The van der Waals surface area contributed by atoms with E-state index in [4.69, 9.17) is 67.5 Å². The maximum absolute atomic E-state index is 14.6. The predicted octanol–water partition coefficient (Wildman–Crippen LogP) is 9.51. The molecule has 0 radical (unpaired) electrons. The summed E-state index contributed by atoms with van der Waals surface area (Å²) in [6, 6.07) is 4.81. The van der Waals surface area contributed by atoms with E-state index in [-0.39, 0.29) is 49.3 Å². The first-order valence-electron chi connectivity index (χ1n) is 22.9. The van der Waals surface area contributed by atoms with Gasteiger partial charge in [-0.25, -0.2) is 46.3 Å². The average molecular weight is 1230 g/mol. The van der Waals surface area contributed by atoms with E-state index in [1.807, 2.05) is 0 Å². The zero-order chi connectivity index (χ0) is 60.2. The summed E-state index contributed by atoms with van der Waals surface area (Å²) in [7, 11) is 3.97. The van der Waals surface area contributed by atoms with Crippen LogP contribution in [0.5, 0.6) is 17.2 Å². The number of hydrogen-bond donors (Lipinski definition) is 1. The topological polar surface area (TPSA) is 244 Å². The summed E-state index contributed by atoms with van der Waals surface area (Å²) in [6.45, 7) is 6.24. The van der Waals surface area contributed by atoms with Gasteiger partial charge >= 0.3 is 23.0 Å². The molecular weight excluding hydrogens is 1190 g/mol. The Balaban J connectivity index is 0.000000192. The van der Waals surface area contributed by atoms with Crippen molar-refractivity contribution in [2.24, 2.45) is 33.0 Å². The molecule has 424 valence electrons. The summed E-state index contributed by atoms with van der Waals surface area (Å²) in [4.78, 5) is 78.7. The number of halogens is 11. The fourth-order valence-corrected chi connectivity index (χ4v) is 8.19. The number of aromatic nitrogens is 9. The quantitative estimate of drug-likeness (QED) is 0.0390. The van der Waals surface area contributed by atoms with Crippen LogP contribution in [0.15, 0.2) is 88.0 Å². The molecule has 0 aliphatic heterocycles. The minimum Gasteiger partial charge on any atom is -0.618 e. The Hall–Kier alpha value is -8.10. The van der Waals surface area contributed by atoms with Crippen molar-refractivity contribution in [3.63, 3.8) is 0 Å². The molecule has 6 aromatic heterocycles. The van der Waals surface area contributed by atoms with Crippen LogP contribution in [0.4, 0.5) is 26.3 Å². The molecule has 81 heavy (non-hydrogen) atoms. The lowest BCUT2D eigenvalue weighted by Crippen LogP contribution is -2.33. The van der Waals surface area contributed by atoms with Crippen molar-refractivity contribution in [3.05, 3.63) is 165 Å². The van der Waals surface area contributed by atoms with E-state index in [9.17, 15) is 65.8 Å². The second kappa shape index (κ2) is 25.6. The molecule has 0 aliphatic rings. The molecule has 0 aliphatic carbocycles. The average Bonchev–Trinajstić information content (AvgIpc) is 3.44. The van der Waals surface area contributed by atoms with Crippen LogP contribution in [-0.2, 0) is 30.7 Å². The Bertz CT molecular complexity index is 4190. The lowest BCUT2D eigenvalue weighted by Gasteiger charge is -2.16. The number of rotatable bonds is 7. The molecule has 3 aromatic carbocycles. The van der Waals surface area contributed by atoms with Gasteiger partial charge in [-0.3, -0.25) is 37.7 Å². The third-order valence-corrected chi connectivity index (χ3v) is 12.5. The number of aryl methyl sites for hydroxylation is 3. The number of fused-ring (bicyclic) bond motifs is 3. The molecule has 0 spiro atoms. The summed E-state index contributed by atoms with van der Waals surface area (Å²) >= 11 is 27.1. The number of esters is 2. The second-order valence-electron chi connectivity index (χ2n) is 17.2. The molecule has 0 bridgehead atoms. The van der Waals surface area contributed by atoms with Crippen molar-refractivity contribution in [1.29, 1.82) is 0 Å². The maximum atomic E-state index is 14.6. The van der Waals surface area contributed by atoms with Crippen LogP contribution in [-0.4, -0.2) is 56.0 Å². The van der Waals surface area contributed by atoms with Crippen LogP contribution in [0.1, 0.15) is 27.7 Å². The molecule has 6 heterocycles. The molecule has 9 aromatic rings. The van der Waals surface area contributed by atoms with Crippen molar-refractivity contribution in [1.82, 2.24) is 33.6 Å². The van der Waals surface area contributed by atoms with Crippen LogP contribution in [0, 0.1) is 57.2 Å². The first kappa shape index (κ1) is 62.1. The van der Waals surface area contributed by atoms with Crippen molar-refractivity contribution in [3.8, 4) is 50.6 Å². The summed E-state index contributed by atoms with van der Waals surface area (Å²) in [5, 5.41) is 32.8. The summed E-state index contributed by atoms with van der Waals surface area (Å²) < 4.78 is 99.0. The van der Waals surface area contributed by atoms with E-state index in [1.165, 1.54) is 47.4 Å². The first-order chi connectivity index (χ1) is 38.1. The van der Waals surface area contributed by atoms with Gasteiger partial charge in [0.05, 0.1) is 50.2 Å². The van der Waals surface area contributed by atoms with Crippen molar-refractivity contribution in [2.75, 3.05) is 5.34 Å². The third-order valence-electron chi connectivity index (χ3n) is 11.4. The van der Waals surface area contributed by atoms with Crippen LogP contribution in [0.25, 0.3) is 66.9 Å². The number of benzene rings is 3. The summed E-state index contributed by atoms with van der Waals surface area (Å²) in [6.07, 6.45) is 6.99. The zero-order valence-corrected chi connectivity index (χ0v) is 46.4. The van der Waals surface area contributed by atoms with Crippen molar-refractivity contribution >= 4 is 103 Å². The van der Waals surface area contributed by atoms with Crippen LogP contribution in [0.3, 0.4) is 0 Å². The minimum atomic E-state index is -1.02. The molecule has 0 amide bonds. The highest BCUT2D eigenvalue weighted by atomic mass is 35.5. The second-order valence-corrected chi connectivity index (χ2v) is 19.2. The fraction of sp³-hybridized carbons (Fsp3) is 0.196. The number of carbonyl (C=O) groups excluding carboxylic acids is 2. The summed E-state index contributed by atoms with van der Waals surface area (Å²) in [5.74, 6) is -10.1. The monoisotopic (exact) mass is 1230 g/mol. The highest BCUT2D eigenvalue weighted by Crippen LogP contribution is 2.41. The fourth-order valence-electron chi connectivity index (χ4n) is 7.45. The van der Waals surface area contributed by atoms with E-state index in [2.05, 4.69) is 19.9 Å². The Labute approximate surface area is 476 Å². The van der Waals surface area contributed by atoms with E-state index in [0.717, 1.165) is 74.9 Å². The minimum absolute atomic E-state index is 0.0447. The van der Waals surface area contributed by atoms with Gasteiger partial charge in [-0.1, -0.05) is 62.5 Å². The van der Waals surface area contributed by atoms with Gasteiger partial charge in [0.15, 0.2) is 23.8 Å². The number of hydrogen-bond acceptors (Lipinski definition) is 14. The Morgan fingerprint density at radius 1 is 0.531 bits per heavy atom. The van der Waals surface area contributed by atoms with Gasteiger partial charge in [-0.2, -0.15) is 9.46 Å². The molecular formula is C51H38Cl5F6N9O10. The standard InChI is InChI=1S/C18H14ClF2N3O4.C18H14ClF2N3O3.C14H8ClF2N3O3.CH2Cl2/c1-8(2)18(26)28-15-12(11-9(20)4-5-10(21)13(11)19)17(25)23(3)16-14(15)24(27)7-6-22-16;1-8(2)18(26)27-15-12(11-9(20)4-5-10(21)13(11)19)17(25)24(3)16-14(15)22-6-7-23-16;1-19-13-11(20(23)5-4-18-13)12(21)9(14(19)22)8-6(16)2-3-7(17)10(8)15;2-1-3/h4-8H,1-3H3;4-8H,1-3H3;2-5,21H,1H3;1H2. The molecule has 0 saturated carbocycles. The lowest BCUT2D eigenvalue weighted by atomic mass is 10.0. The molecule has 0 unspecified atom stereocenters. The molecule has 0 fully saturated rings. The molecule has 0 atom stereocenters. The van der Waals surface area contributed by atoms with E-state index >= 15 is 0 Å². The number of ether oxygens (including phenoxy) is 2. The Morgan fingerprint density at radius 3 is 1.28 bits per heavy atom. The van der Waals surface area contributed by atoms with Crippen LogP contribution >= 0.6 is 58.0 Å².